The summed E-state index contributed by atoms with van der Waals surface area (Å²) < 4.78 is 5.81. The van der Waals surface area contributed by atoms with Crippen molar-refractivity contribution in [3.63, 3.8) is 0 Å². The Morgan fingerprint density at radius 1 is 1.19 bits per heavy atom. The molecule has 0 aromatic heterocycles. The zero-order chi connectivity index (χ0) is 18.6. The van der Waals surface area contributed by atoms with Gasteiger partial charge in [-0.15, -0.1) is 0 Å². The van der Waals surface area contributed by atoms with E-state index >= 15 is 0 Å². The number of rotatable bonds is 1. The molecular weight excluding hydrogens is 362 g/mol. The van der Waals surface area contributed by atoms with Crippen molar-refractivity contribution in [3.8, 4) is 0 Å². The summed E-state index contributed by atoms with van der Waals surface area (Å²) in [7, 11) is 0. The van der Waals surface area contributed by atoms with Gasteiger partial charge < -0.3 is 9.64 Å². The Morgan fingerprint density at radius 3 is 2.78 bits per heavy atom. The van der Waals surface area contributed by atoms with E-state index in [1.807, 2.05) is 25.1 Å². The first kappa shape index (κ1) is 16.8. The summed E-state index contributed by atoms with van der Waals surface area (Å²) in [6.45, 7) is 3.95. The predicted octanol–water partition coefficient (Wildman–Crippen LogP) is 3.51. The molecule has 6 heteroatoms. The minimum Gasteiger partial charge on any atom is -0.377 e. The van der Waals surface area contributed by atoms with Crippen molar-refractivity contribution in [2.45, 2.75) is 19.4 Å². The minimum atomic E-state index is -0.700. The summed E-state index contributed by atoms with van der Waals surface area (Å²) in [6, 6.07) is 15.5. The van der Waals surface area contributed by atoms with Gasteiger partial charge in [-0.05, 0) is 49.2 Å². The van der Waals surface area contributed by atoms with E-state index in [4.69, 9.17) is 16.3 Å². The van der Waals surface area contributed by atoms with Crippen LogP contribution in [-0.4, -0.2) is 37.4 Å². The number of fused-ring (bicyclic) bond motifs is 4. The van der Waals surface area contributed by atoms with Crippen molar-refractivity contribution in [2.75, 3.05) is 29.7 Å². The molecule has 2 aromatic rings. The highest BCUT2D eigenvalue weighted by molar-refractivity contribution is 6.30. The third-order valence-corrected chi connectivity index (χ3v) is 6.26. The third kappa shape index (κ3) is 2.35. The monoisotopic (exact) mass is 381 g/mol. The molecule has 0 saturated carbocycles. The zero-order valence-corrected chi connectivity index (χ0v) is 15.8. The first-order valence-electron chi connectivity index (χ1n) is 9.19. The number of morpholine rings is 1. The van der Waals surface area contributed by atoms with Crippen LogP contribution in [0.5, 0.6) is 0 Å². The molecule has 2 unspecified atom stereocenters. The average molecular weight is 382 g/mol. The van der Waals surface area contributed by atoms with Gasteiger partial charge in [0.25, 0.3) is 5.91 Å². The molecule has 5 nitrogen and oxygen atoms in total. The van der Waals surface area contributed by atoms with E-state index in [1.165, 1.54) is 16.3 Å². The van der Waals surface area contributed by atoms with Crippen molar-refractivity contribution >= 4 is 34.6 Å². The largest absolute Gasteiger partial charge is 0.377 e. The highest BCUT2D eigenvalue weighted by Crippen LogP contribution is 2.47. The summed E-state index contributed by atoms with van der Waals surface area (Å²) in [4.78, 5) is 16.1. The van der Waals surface area contributed by atoms with Gasteiger partial charge >= 0.3 is 0 Å². The van der Waals surface area contributed by atoms with Gasteiger partial charge in [-0.3, -0.25) is 4.79 Å². The maximum atomic E-state index is 13.7. The number of hydrazone groups is 1. The molecule has 1 amide bonds. The van der Waals surface area contributed by atoms with Crippen LogP contribution in [0.3, 0.4) is 0 Å². The van der Waals surface area contributed by atoms with Crippen LogP contribution in [0.2, 0.25) is 5.02 Å². The first-order chi connectivity index (χ1) is 13.1. The predicted molar refractivity (Wildman–Crippen MR) is 107 cm³/mol. The Hall–Kier alpha value is -2.37. The summed E-state index contributed by atoms with van der Waals surface area (Å²) >= 11 is 6.01. The number of halogens is 1. The molecule has 2 aromatic carbocycles. The molecule has 0 aliphatic carbocycles. The first-order valence-corrected chi connectivity index (χ1v) is 9.57. The lowest BCUT2D eigenvalue weighted by Gasteiger charge is -2.50. The van der Waals surface area contributed by atoms with Gasteiger partial charge in [0.05, 0.1) is 30.7 Å². The van der Waals surface area contributed by atoms with Gasteiger partial charge in [0, 0.05) is 17.3 Å². The van der Waals surface area contributed by atoms with E-state index in [-0.39, 0.29) is 11.9 Å². The van der Waals surface area contributed by atoms with Gasteiger partial charge in [0.1, 0.15) is 5.41 Å². The topological polar surface area (TPSA) is 45.1 Å². The Kier molecular flexibility index (Phi) is 3.78. The standard InChI is InChI=1S/C21H20ClN3O2/c1-14-21(20(26)25(23-14)17-8-6-16(22)7-9-17)12-15-4-2-3-5-18(15)24-10-11-27-13-19(21)24/h2-9,19H,10-13H2,1H3. The van der Waals surface area contributed by atoms with Crippen LogP contribution in [0.15, 0.2) is 53.6 Å². The molecule has 3 aliphatic rings. The third-order valence-electron chi connectivity index (χ3n) is 6.01. The van der Waals surface area contributed by atoms with E-state index < -0.39 is 5.41 Å². The van der Waals surface area contributed by atoms with E-state index in [1.54, 1.807) is 12.1 Å². The van der Waals surface area contributed by atoms with Gasteiger partial charge in [-0.1, -0.05) is 29.8 Å². The fraction of sp³-hybridized carbons (Fsp3) is 0.333. The van der Waals surface area contributed by atoms with E-state index in [9.17, 15) is 4.79 Å². The number of nitrogens with zero attached hydrogens (tertiary/aromatic N) is 3. The highest BCUT2D eigenvalue weighted by atomic mass is 35.5. The van der Waals surface area contributed by atoms with E-state index in [0.717, 1.165) is 17.9 Å². The molecule has 0 bridgehead atoms. The number of hydrogen-bond acceptors (Lipinski definition) is 4. The molecular formula is C21H20ClN3O2. The van der Waals surface area contributed by atoms with Crippen LogP contribution >= 0.6 is 11.6 Å². The number of carbonyl (C=O) groups excluding carboxylic acids is 1. The van der Waals surface area contributed by atoms with Crippen LogP contribution in [0.25, 0.3) is 0 Å². The Labute approximate surface area is 163 Å². The maximum Gasteiger partial charge on any atom is 0.261 e. The molecule has 1 saturated heterocycles. The van der Waals surface area contributed by atoms with Crippen LogP contribution in [0.4, 0.5) is 11.4 Å². The number of benzene rings is 2. The minimum absolute atomic E-state index is 0.0114. The van der Waals surface area contributed by atoms with Crippen molar-refractivity contribution in [3.05, 3.63) is 59.1 Å². The molecule has 0 N–H and O–H groups in total. The number of para-hydroxylation sites is 1. The van der Waals surface area contributed by atoms with E-state index in [2.05, 4.69) is 28.2 Å². The van der Waals surface area contributed by atoms with Crippen LogP contribution < -0.4 is 9.91 Å². The quantitative estimate of drug-likeness (QED) is 0.759. The lowest BCUT2D eigenvalue weighted by molar-refractivity contribution is -0.126. The second-order valence-corrected chi connectivity index (χ2v) is 7.78. The van der Waals surface area contributed by atoms with Gasteiger partial charge in [0.2, 0.25) is 0 Å². The van der Waals surface area contributed by atoms with Crippen LogP contribution in [-0.2, 0) is 16.0 Å². The highest BCUT2D eigenvalue weighted by Gasteiger charge is 2.59. The smallest absolute Gasteiger partial charge is 0.261 e. The van der Waals surface area contributed by atoms with Crippen molar-refractivity contribution in [1.82, 2.24) is 0 Å². The van der Waals surface area contributed by atoms with Crippen molar-refractivity contribution < 1.29 is 9.53 Å². The second kappa shape index (κ2) is 6.08. The SMILES string of the molecule is CC1=NN(c2ccc(Cl)cc2)C(=O)C12Cc1ccccc1N1CCOCC12. The number of anilines is 2. The summed E-state index contributed by atoms with van der Waals surface area (Å²) in [6.07, 6.45) is 0.645. The average Bonchev–Trinajstić information content (AvgIpc) is 2.94. The summed E-state index contributed by atoms with van der Waals surface area (Å²) in [5, 5.41) is 6.86. The number of carbonyl (C=O) groups is 1. The van der Waals surface area contributed by atoms with Gasteiger partial charge in [-0.2, -0.15) is 10.1 Å². The van der Waals surface area contributed by atoms with Crippen molar-refractivity contribution in [2.24, 2.45) is 10.5 Å². The van der Waals surface area contributed by atoms with Crippen molar-refractivity contribution in [1.29, 1.82) is 0 Å². The molecule has 3 aliphatic heterocycles. The molecule has 2 atom stereocenters. The lowest BCUT2D eigenvalue weighted by atomic mass is 9.68. The normalized spacial score (nSPS) is 26.8. The van der Waals surface area contributed by atoms with E-state index in [0.29, 0.717) is 24.7 Å². The maximum absolute atomic E-state index is 13.7. The molecule has 27 heavy (non-hydrogen) atoms. The molecule has 0 radical (unpaired) electrons. The molecule has 5 rings (SSSR count). The Balaban J connectivity index is 1.62. The fourth-order valence-electron chi connectivity index (χ4n) is 4.63. The molecule has 1 fully saturated rings. The van der Waals surface area contributed by atoms with Gasteiger partial charge in [0.15, 0.2) is 0 Å². The molecule has 1 spiro atoms. The number of amides is 1. The second-order valence-electron chi connectivity index (χ2n) is 7.34. The summed E-state index contributed by atoms with van der Waals surface area (Å²) in [5.41, 5.74) is 3.28. The zero-order valence-electron chi connectivity index (χ0n) is 15.1. The number of ether oxygens (including phenoxy) is 1. The van der Waals surface area contributed by atoms with Crippen LogP contribution in [0.1, 0.15) is 12.5 Å². The van der Waals surface area contributed by atoms with Crippen LogP contribution in [0, 0.1) is 5.41 Å². The molecule has 138 valence electrons. The van der Waals surface area contributed by atoms with Gasteiger partial charge in [-0.25, -0.2) is 0 Å². The Morgan fingerprint density at radius 2 is 1.96 bits per heavy atom. The lowest BCUT2D eigenvalue weighted by Crippen LogP contribution is -2.64. The summed E-state index contributed by atoms with van der Waals surface area (Å²) in [5.74, 6) is 0.0114. The number of hydrogen-bond donors (Lipinski definition) is 0. The molecule has 3 heterocycles. The Bertz CT molecular complexity index is 943. The fourth-order valence-corrected chi connectivity index (χ4v) is 4.76.